The molecule has 3 nitrogen and oxygen atoms in total. The van der Waals surface area contributed by atoms with Crippen LogP contribution in [0.5, 0.6) is 0 Å². The third-order valence-corrected chi connectivity index (χ3v) is 1.57. The summed E-state index contributed by atoms with van der Waals surface area (Å²) >= 11 is 0. The predicted molar refractivity (Wildman–Crippen MR) is 41.6 cm³/mol. The Labute approximate surface area is 61.5 Å². The van der Waals surface area contributed by atoms with E-state index in [0.717, 1.165) is 0 Å². The molecule has 0 radical (unpaired) electrons. The molecule has 1 atom stereocenters. The zero-order chi connectivity index (χ0) is 7.61. The number of hydrogen-bond acceptors (Lipinski definition) is 2. The Morgan fingerprint density at radius 2 is 2.40 bits per heavy atom. The van der Waals surface area contributed by atoms with Crippen molar-refractivity contribution in [2.24, 2.45) is 10.9 Å². The third kappa shape index (κ3) is 1.78. The minimum absolute atomic E-state index is 0.211. The van der Waals surface area contributed by atoms with Gasteiger partial charge in [0.1, 0.15) is 6.54 Å². The summed E-state index contributed by atoms with van der Waals surface area (Å²) in [7, 11) is 0. The van der Waals surface area contributed by atoms with Crippen molar-refractivity contribution in [2.75, 3.05) is 19.6 Å². The molecular weight excluding hydrogens is 128 g/mol. The van der Waals surface area contributed by atoms with Gasteiger partial charge in [-0.15, -0.1) is 0 Å². The molecule has 0 saturated carbocycles. The van der Waals surface area contributed by atoms with Gasteiger partial charge in [0.05, 0.1) is 13.1 Å². The molecule has 0 aromatic heterocycles. The smallest absolute Gasteiger partial charge is 0.185 e. The van der Waals surface area contributed by atoms with Gasteiger partial charge in [0.25, 0.3) is 0 Å². The lowest BCUT2D eigenvalue weighted by Gasteiger charge is -2.35. The molecule has 58 valence electrons. The van der Waals surface area contributed by atoms with Crippen molar-refractivity contribution in [3.8, 4) is 0 Å². The van der Waals surface area contributed by atoms with Crippen LogP contribution >= 0.6 is 0 Å². The third-order valence-electron chi connectivity index (χ3n) is 1.57. The Balaban J connectivity index is 2.44. The van der Waals surface area contributed by atoms with Gasteiger partial charge in [0.2, 0.25) is 0 Å². The molecule has 0 aromatic rings. The van der Waals surface area contributed by atoms with Gasteiger partial charge in [-0.2, -0.15) is 0 Å². The van der Waals surface area contributed by atoms with Crippen LogP contribution in [0, 0.1) is 11.1 Å². The highest BCUT2D eigenvalue weighted by Gasteiger charge is 2.19. The second-order valence-corrected chi connectivity index (χ2v) is 3.27. The van der Waals surface area contributed by atoms with E-state index >= 15 is 0 Å². The lowest BCUT2D eigenvalue weighted by molar-refractivity contribution is -0.779. The van der Waals surface area contributed by atoms with E-state index in [9.17, 15) is 5.21 Å². The molecule has 0 bridgehead atoms. The van der Waals surface area contributed by atoms with E-state index in [1.54, 1.807) is 0 Å². The molecule has 10 heavy (non-hydrogen) atoms. The van der Waals surface area contributed by atoms with Crippen LogP contribution in [-0.2, 0) is 0 Å². The standard InChI is InChI=1S/C7H14N2O/c1-7(2)5-9(10)4-3-8-6-9/h6-7H,3-5H2,1-2H3. The molecule has 1 unspecified atom stereocenters. The Bertz CT molecular complexity index is 145. The van der Waals surface area contributed by atoms with Crippen LogP contribution in [0.15, 0.2) is 4.99 Å². The van der Waals surface area contributed by atoms with E-state index in [1.165, 1.54) is 6.34 Å². The van der Waals surface area contributed by atoms with Gasteiger partial charge in [-0.05, 0) is 0 Å². The van der Waals surface area contributed by atoms with Crippen molar-refractivity contribution in [3.63, 3.8) is 0 Å². The summed E-state index contributed by atoms with van der Waals surface area (Å²) in [5.74, 6) is 0.460. The zero-order valence-electron chi connectivity index (χ0n) is 6.58. The molecule has 0 aliphatic carbocycles. The highest BCUT2D eigenvalue weighted by molar-refractivity contribution is 5.48. The van der Waals surface area contributed by atoms with E-state index in [4.69, 9.17) is 0 Å². The van der Waals surface area contributed by atoms with Gasteiger partial charge in [-0.1, -0.05) is 13.8 Å². The molecule has 1 rings (SSSR count). The van der Waals surface area contributed by atoms with Crippen LogP contribution in [0.3, 0.4) is 0 Å². The highest BCUT2D eigenvalue weighted by atomic mass is 16.5. The Kier molecular flexibility index (Phi) is 2.06. The van der Waals surface area contributed by atoms with E-state index in [0.29, 0.717) is 25.6 Å². The summed E-state index contributed by atoms with van der Waals surface area (Å²) < 4.78 is -0.211. The second-order valence-electron chi connectivity index (χ2n) is 3.27. The molecular formula is C7H14N2O. The first-order valence-electron chi connectivity index (χ1n) is 3.71. The Morgan fingerprint density at radius 3 is 2.80 bits per heavy atom. The summed E-state index contributed by atoms with van der Waals surface area (Å²) in [6, 6.07) is 0. The zero-order valence-corrected chi connectivity index (χ0v) is 6.58. The van der Waals surface area contributed by atoms with Gasteiger partial charge >= 0.3 is 0 Å². The highest BCUT2D eigenvalue weighted by Crippen LogP contribution is 2.10. The van der Waals surface area contributed by atoms with Crippen LogP contribution in [0.25, 0.3) is 0 Å². The monoisotopic (exact) mass is 142 g/mol. The number of aliphatic imine (C=N–C) groups is 1. The normalized spacial score (nSPS) is 32.0. The molecule has 1 aliphatic heterocycles. The van der Waals surface area contributed by atoms with Crippen LogP contribution in [0.4, 0.5) is 0 Å². The summed E-state index contributed by atoms with van der Waals surface area (Å²) in [6.07, 6.45) is 1.53. The molecule has 0 spiro atoms. The maximum atomic E-state index is 11.5. The first kappa shape index (κ1) is 7.69. The van der Waals surface area contributed by atoms with Crippen molar-refractivity contribution >= 4 is 6.34 Å². The number of hydroxylamine groups is 3. The summed E-state index contributed by atoms with van der Waals surface area (Å²) in [4.78, 5) is 3.92. The maximum absolute atomic E-state index is 11.5. The fourth-order valence-corrected chi connectivity index (χ4v) is 1.25. The van der Waals surface area contributed by atoms with Crippen molar-refractivity contribution < 1.29 is 4.65 Å². The van der Waals surface area contributed by atoms with Gasteiger partial charge < -0.3 is 9.85 Å². The van der Waals surface area contributed by atoms with Gasteiger partial charge in [-0.3, -0.25) is 0 Å². The van der Waals surface area contributed by atoms with Gasteiger partial charge in [-0.25, -0.2) is 4.99 Å². The topological polar surface area (TPSA) is 35.4 Å². The van der Waals surface area contributed by atoms with E-state index in [-0.39, 0.29) is 4.65 Å². The summed E-state index contributed by atoms with van der Waals surface area (Å²) in [5, 5.41) is 11.5. The number of quaternary nitrogens is 1. The summed E-state index contributed by atoms with van der Waals surface area (Å²) in [5.41, 5.74) is 0. The molecule has 1 aliphatic rings. The van der Waals surface area contributed by atoms with E-state index in [1.807, 2.05) is 0 Å². The van der Waals surface area contributed by atoms with Crippen LogP contribution in [0.2, 0.25) is 0 Å². The number of rotatable bonds is 2. The van der Waals surface area contributed by atoms with Crippen molar-refractivity contribution in [2.45, 2.75) is 13.8 Å². The van der Waals surface area contributed by atoms with Crippen molar-refractivity contribution in [1.82, 2.24) is 0 Å². The Morgan fingerprint density at radius 1 is 1.70 bits per heavy atom. The van der Waals surface area contributed by atoms with Crippen molar-refractivity contribution in [1.29, 1.82) is 0 Å². The molecule has 0 amide bonds. The average molecular weight is 142 g/mol. The predicted octanol–water partition coefficient (Wildman–Crippen LogP) is 0.999. The lowest BCUT2D eigenvalue weighted by atomic mass is 10.2. The fraction of sp³-hybridized carbons (Fsp3) is 0.857. The van der Waals surface area contributed by atoms with E-state index < -0.39 is 0 Å². The molecule has 3 heteroatoms. The number of nitrogens with zero attached hydrogens (tertiary/aromatic N) is 2. The molecule has 1 heterocycles. The quantitative estimate of drug-likeness (QED) is 0.418. The minimum Gasteiger partial charge on any atom is -0.627 e. The lowest BCUT2D eigenvalue weighted by Crippen LogP contribution is -2.41. The van der Waals surface area contributed by atoms with Gasteiger partial charge in [0, 0.05) is 5.92 Å². The molecule has 0 fully saturated rings. The van der Waals surface area contributed by atoms with Crippen molar-refractivity contribution in [3.05, 3.63) is 5.21 Å². The SMILES string of the molecule is CC(C)C[N+]1([O-])C=NCC1. The van der Waals surface area contributed by atoms with Crippen LogP contribution < -0.4 is 0 Å². The minimum atomic E-state index is -0.211. The molecule has 0 saturated heterocycles. The van der Waals surface area contributed by atoms with E-state index in [2.05, 4.69) is 18.8 Å². The Hall–Kier alpha value is -0.410. The molecule has 0 N–H and O–H groups in total. The number of hydrogen-bond donors (Lipinski definition) is 0. The fourth-order valence-electron chi connectivity index (χ4n) is 1.25. The summed E-state index contributed by atoms with van der Waals surface area (Å²) in [6.45, 7) is 6.13. The van der Waals surface area contributed by atoms with Gasteiger partial charge in [0.15, 0.2) is 6.34 Å². The average Bonchev–Trinajstić information content (AvgIpc) is 2.12. The molecule has 0 aromatic carbocycles. The largest absolute Gasteiger partial charge is 0.627 e. The first-order chi connectivity index (χ1) is 4.62. The van der Waals surface area contributed by atoms with Crippen LogP contribution in [-0.4, -0.2) is 30.6 Å². The maximum Gasteiger partial charge on any atom is 0.185 e. The first-order valence-corrected chi connectivity index (χ1v) is 3.71. The second kappa shape index (κ2) is 2.68. The van der Waals surface area contributed by atoms with Crippen LogP contribution in [0.1, 0.15) is 13.8 Å².